The molecule has 1 N–H and O–H groups in total. The molecule has 1 fully saturated rings. The van der Waals surface area contributed by atoms with Gasteiger partial charge in [-0.25, -0.2) is 0 Å². The van der Waals surface area contributed by atoms with Crippen LogP contribution in [0.3, 0.4) is 0 Å². The van der Waals surface area contributed by atoms with E-state index >= 15 is 0 Å². The van der Waals surface area contributed by atoms with Crippen molar-refractivity contribution in [3.8, 4) is 0 Å². The predicted molar refractivity (Wildman–Crippen MR) is 64.5 cm³/mol. The van der Waals surface area contributed by atoms with Crippen LogP contribution in [0.2, 0.25) is 0 Å². The normalized spacial score (nSPS) is 16.2. The van der Waals surface area contributed by atoms with Gasteiger partial charge < -0.3 is 10.1 Å². The van der Waals surface area contributed by atoms with Crippen LogP contribution >= 0.6 is 0 Å². The minimum atomic E-state index is -0.243. The predicted octanol–water partition coefficient (Wildman–Crippen LogP) is 0.540. The van der Waals surface area contributed by atoms with Crippen molar-refractivity contribution in [2.75, 3.05) is 27.2 Å². The van der Waals surface area contributed by atoms with E-state index in [4.69, 9.17) is 0 Å². The molecular weight excluding hydrogens is 220 g/mol. The molecule has 1 saturated carbocycles. The zero-order valence-corrected chi connectivity index (χ0v) is 10.7. The Morgan fingerprint density at radius 3 is 2.59 bits per heavy atom. The van der Waals surface area contributed by atoms with Gasteiger partial charge in [-0.1, -0.05) is 12.8 Å². The number of likely N-dealkylation sites (N-methyl/N-ethyl adjacent to an activating group) is 1. The second-order valence-electron chi connectivity index (χ2n) is 4.61. The molecule has 5 nitrogen and oxygen atoms in total. The molecule has 0 radical (unpaired) electrons. The van der Waals surface area contributed by atoms with Gasteiger partial charge in [0.1, 0.15) is 0 Å². The van der Waals surface area contributed by atoms with Gasteiger partial charge in [0.2, 0.25) is 5.91 Å². The van der Waals surface area contributed by atoms with E-state index in [9.17, 15) is 9.59 Å². The third-order valence-electron chi connectivity index (χ3n) is 3.06. The standard InChI is InChI=1S/C12H22N2O3/c1-14(8-7-12(16)17-2)9-11(15)13-10-5-3-4-6-10/h10H,3-9H2,1-2H3,(H,13,15). The minimum absolute atomic E-state index is 0.0456. The second-order valence-corrected chi connectivity index (χ2v) is 4.61. The summed E-state index contributed by atoms with van der Waals surface area (Å²) in [5, 5.41) is 3.01. The van der Waals surface area contributed by atoms with Crippen molar-refractivity contribution < 1.29 is 14.3 Å². The van der Waals surface area contributed by atoms with Gasteiger partial charge in [-0.15, -0.1) is 0 Å². The second kappa shape index (κ2) is 7.27. The summed E-state index contributed by atoms with van der Waals surface area (Å²) in [6, 6.07) is 0.358. The molecule has 0 bridgehead atoms. The van der Waals surface area contributed by atoms with Crippen LogP contribution in [-0.2, 0) is 14.3 Å². The van der Waals surface area contributed by atoms with E-state index in [2.05, 4.69) is 10.1 Å². The maximum Gasteiger partial charge on any atom is 0.306 e. The molecule has 0 heterocycles. The average Bonchev–Trinajstić information content (AvgIpc) is 2.78. The summed E-state index contributed by atoms with van der Waals surface area (Å²) in [5.74, 6) is -0.197. The average molecular weight is 242 g/mol. The van der Waals surface area contributed by atoms with E-state index in [1.807, 2.05) is 11.9 Å². The number of rotatable bonds is 6. The van der Waals surface area contributed by atoms with E-state index in [0.29, 0.717) is 25.6 Å². The molecule has 98 valence electrons. The lowest BCUT2D eigenvalue weighted by molar-refractivity contribution is -0.141. The van der Waals surface area contributed by atoms with Gasteiger partial charge in [-0.05, 0) is 19.9 Å². The van der Waals surface area contributed by atoms with E-state index in [0.717, 1.165) is 12.8 Å². The monoisotopic (exact) mass is 242 g/mol. The Morgan fingerprint density at radius 1 is 1.35 bits per heavy atom. The van der Waals surface area contributed by atoms with Crippen LogP contribution in [0.1, 0.15) is 32.1 Å². The molecule has 0 unspecified atom stereocenters. The molecule has 1 aliphatic carbocycles. The summed E-state index contributed by atoms with van der Waals surface area (Å²) in [6.45, 7) is 0.887. The number of methoxy groups -OCH3 is 1. The van der Waals surface area contributed by atoms with Crippen molar-refractivity contribution in [2.45, 2.75) is 38.1 Å². The zero-order chi connectivity index (χ0) is 12.7. The van der Waals surface area contributed by atoms with Crippen molar-refractivity contribution in [1.29, 1.82) is 0 Å². The first-order chi connectivity index (χ1) is 8.11. The number of carbonyl (C=O) groups excluding carboxylic acids is 2. The third-order valence-corrected chi connectivity index (χ3v) is 3.06. The Labute approximate surface area is 102 Å². The van der Waals surface area contributed by atoms with Crippen LogP contribution < -0.4 is 5.32 Å². The first kappa shape index (κ1) is 14.0. The lowest BCUT2D eigenvalue weighted by Crippen LogP contribution is -2.40. The molecule has 0 saturated heterocycles. The van der Waals surface area contributed by atoms with E-state index in [-0.39, 0.29) is 11.9 Å². The first-order valence-electron chi connectivity index (χ1n) is 6.16. The van der Waals surface area contributed by atoms with Gasteiger partial charge in [0.15, 0.2) is 0 Å². The van der Waals surface area contributed by atoms with Crippen LogP contribution in [0, 0.1) is 0 Å². The molecule has 1 amide bonds. The number of hydrogen-bond donors (Lipinski definition) is 1. The summed E-state index contributed by atoms with van der Waals surface area (Å²) in [5.41, 5.74) is 0. The van der Waals surface area contributed by atoms with Gasteiger partial charge in [-0.2, -0.15) is 0 Å². The van der Waals surface area contributed by atoms with Gasteiger partial charge in [-0.3, -0.25) is 14.5 Å². The van der Waals surface area contributed by atoms with E-state index < -0.39 is 0 Å². The fourth-order valence-electron chi connectivity index (χ4n) is 2.05. The number of hydrogen-bond acceptors (Lipinski definition) is 4. The van der Waals surface area contributed by atoms with Crippen molar-refractivity contribution in [1.82, 2.24) is 10.2 Å². The maximum absolute atomic E-state index is 11.7. The van der Waals surface area contributed by atoms with Crippen LogP contribution in [0.15, 0.2) is 0 Å². The lowest BCUT2D eigenvalue weighted by atomic mass is 10.2. The maximum atomic E-state index is 11.7. The van der Waals surface area contributed by atoms with Gasteiger partial charge in [0.25, 0.3) is 0 Å². The molecule has 5 heteroatoms. The molecule has 1 aliphatic rings. The van der Waals surface area contributed by atoms with Crippen molar-refractivity contribution in [3.63, 3.8) is 0 Å². The summed E-state index contributed by atoms with van der Waals surface area (Å²) in [6.07, 6.45) is 4.94. The zero-order valence-electron chi connectivity index (χ0n) is 10.7. The minimum Gasteiger partial charge on any atom is -0.469 e. The molecular formula is C12H22N2O3. The summed E-state index contributed by atoms with van der Waals surface area (Å²) < 4.78 is 4.55. The van der Waals surface area contributed by atoms with Crippen LogP contribution in [-0.4, -0.2) is 50.1 Å². The van der Waals surface area contributed by atoms with E-state index in [1.54, 1.807) is 0 Å². The molecule has 0 atom stereocenters. The molecule has 0 aliphatic heterocycles. The topological polar surface area (TPSA) is 58.6 Å². The fraction of sp³-hybridized carbons (Fsp3) is 0.833. The highest BCUT2D eigenvalue weighted by Gasteiger charge is 2.17. The van der Waals surface area contributed by atoms with Crippen molar-refractivity contribution in [3.05, 3.63) is 0 Å². The van der Waals surface area contributed by atoms with Crippen LogP contribution in [0.4, 0.5) is 0 Å². The highest BCUT2D eigenvalue weighted by atomic mass is 16.5. The van der Waals surface area contributed by atoms with Gasteiger partial charge in [0.05, 0.1) is 20.1 Å². The molecule has 0 aromatic carbocycles. The molecule has 17 heavy (non-hydrogen) atoms. The lowest BCUT2D eigenvalue weighted by Gasteiger charge is -2.17. The highest BCUT2D eigenvalue weighted by molar-refractivity contribution is 5.78. The van der Waals surface area contributed by atoms with Crippen LogP contribution in [0.5, 0.6) is 0 Å². The largest absolute Gasteiger partial charge is 0.469 e. The SMILES string of the molecule is COC(=O)CCN(C)CC(=O)NC1CCCC1. The molecule has 0 aromatic rings. The number of nitrogens with zero attached hydrogens (tertiary/aromatic N) is 1. The number of esters is 1. The Bertz CT molecular complexity index is 262. The fourth-order valence-corrected chi connectivity index (χ4v) is 2.05. The molecule has 0 spiro atoms. The number of carbonyl (C=O) groups is 2. The number of amides is 1. The van der Waals surface area contributed by atoms with Crippen molar-refractivity contribution in [2.24, 2.45) is 0 Å². The van der Waals surface area contributed by atoms with E-state index in [1.165, 1.54) is 20.0 Å². The Balaban J connectivity index is 2.14. The van der Waals surface area contributed by atoms with Crippen molar-refractivity contribution >= 4 is 11.9 Å². The highest BCUT2D eigenvalue weighted by Crippen LogP contribution is 2.17. The smallest absolute Gasteiger partial charge is 0.306 e. The van der Waals surface area contributed by atoms with Crippen LogP contribution in [0.25, 0.3) is 0 Å². The first-order valence-corrected chi connectivity index (χ1v) is 6.16. The summed E-state index contributed by atoms with van der Waals surface area (Å²) in [4.78, 5) is 24.4. The van der Waals surface area contributed by atoms with Gasteiger partial charge >= 0.3 is 5.97 Å². The summed E-state index contributed by atoms with van der Waals surface area (Å²) >= 11 is 0. The van der Waals surface area contributed by atoms with Gasteiger partial charge in [0, 0.05) is 12.6 Å². The Hall–Kier alpha value is -1.10. The molecule has 1 rings (SSSR count). The number of nitrogens with one attached hydrogen (secondary N) is 1. The Kier molecular flexibility index (Phi) is 5.97. The number of ether oxygens (including phenoxy) is 1. The Morgan fingerprint density at radius 2 is 2.00 bits per heavy atom. The summed E-state index contributed by atoms with van der Waals surface area (Å²) in [7, 11) is 3.20. The quantitative estimate of drug-likeness (QED) is 0.691. The molecule has 0 aromatic heterocycles. The third kappa shape index (κ3) is 5.68.